The zero-order valence-corrected chi connectivity index (χ0v) is 13.2. The van der Waals surface area contributed by atoms with Gasteiger partial charge in [-0.25, -0.2) is 9.97 Å². The first-order valence-electron chi connectivity index (χ1n) is 7.92. The molecule has 0 spiro atoms. The monoisotopic (exact) mass is 325 g/mol. The quantitative estimate of drug-likeness (QED) is 0.707. The molecule has 2 N–H and O–H groups in total. The van der Waals surface area contributed by atoms with E-state index < -0.39 is 0 Å². The molecule has 6 heteroatoms. The van der Waals surface area contributed by atoms with Gasteiger partial charge in [-0.2, -0.15) is 0 Å². The summed E-state index contributed by atoms with van der Waals surface area (Å²) in [7, 11) is 0. The lowest BCUT2D eigenvalue weighted by Crippen LogP contribution is -2.09. The van der Waals surface area contributed by atoms with E-state index in [0.717, 1.165) is 30.4 Å². The predicted octanol–water partition coefficient (Wildman–Crippen LogP) is 2.76. The minimum Gasteiger partial charge on any atom is -0.493 e. The first-order valence-corrected chi connectivity index (χ1v) is 7.92. The van der Waals surface area contributed by atoms with Crippen molar-refractivity contribution >= 4 is 17.5 Å². The van der Waals surface area contributed by atoms with E-state index in [0.29, 0.717) is 0 Å². The average molecular weight is 325 g/mol. The Morgan fingerprint density at radius 3 is 2.58 bits per heavy atom. The summed E-state index contributed by atoms with van der Waals surface area (Å²) in [6.45, 7) is 0.545. The van der Waals surface area contributed by atoms with Gasteiger partial charge >= 0.3 is 0 Å². The third-order valence-corrected chi connectivity index (χ3v) is 4.31. The highest BCUT2D eigenvalue weighted by atomic mass is 16.3. The van der Waals surface area contributed by atoms with Gasteiger partial charge in [0, 0.05) is 12.2 Å². The largest absolute Gasteiger partial charge is 0.493 e. The van der Waals surface area contributed by atoms with Crippen LogP contribution in [0.25, 0.3) is 11.0 Å². The molecule has 0 saturated heterocycles. The van der Waals surface area contributed by atoms with Crippen LogP contribution in [0.3, 0.4) is 0 Å². The topological polar surface area (TPSA) is 88.2 Å². The molecule has 2 heterocycles. The van der Waals surface area contributed by atoms with Gasteiger partial charge in [0.05, 0.1) is 5.39 Å². The fourth-order valence-electron chi connectivity index (χ4n) is 3.36. The summed E-state index contributed by atoms with van der Waals surface area (Å²) in [5.41, 5.74) is 4.67. The Bertz CT molecular complexity index is 844. The van der Waals surface area contributed by atoms with Gasteiger partial charge in [0.2, 0.25) is 5.88 Å². The van der Waals surface area contributed by atoms with Crippen molar-refractivity contribution in [1.29, 1.82) is 0 Å². The van der Waals surface area contributed by atoms with Crippen molar-refractivity contribution in [3.8, 4) is 5.88 Å². The highest BCUT2D eigenvalue weighted by molar-refractivity contribution is 5.87. The second-order valence-corrected chi connectivity index (χ2v) is 5.71. The summed E-state index contributed by atoms with van der Waals surface area (Å²) in [5.74, 6) is 0.116. The van der Waals surface area contributed by atoms with Crippen LogP contribution in [0.4, 0.5) is 0 Å². The van der Waals surface area contributed by atoms with E-state index in [9.17, 15) is 5.11 Å². The minimum absolute atomic E-state index is 0.116. The summed E-state index contributed by atoms with van der Waals surface area (Å²) in [4.78, 5) is 16.8. The number of aromatic nitrogens is 3. The Hall–Kier alpha value is -2.89. The molecule has 0 saturated carbocycles. The van der Waals surface area contributed by atoms with Gasteiger partial charge in [0.25, 0.3) is 6.47 Å². The SMILES string of the molecule is O=CO.Oc1ncnc2c1c1c(n2Cc2ccccc2)CCCC1. The fraction of sp³-hybridized carbons (Fsp3) is 0.278. The molecule has 4 rings (SSSR count). The molecule has 0 radical (unpaired) electrons. The maximum atomic E-state index is 10.1. The minimum atomic E-state index is -0.250. The zero-order chi connectivity index (χ0) is 16.9. The van der Waals surface area contributed by atoms with Crippen molar-refractivity contribution in [3.05, 3.63) is 53.5 Å². The molecular weight excluding hydrogens is 306 g/mol. The van der Waals surface area contributed by atoms with Crippen molar-refractivity contribution in [1.82, 2.24) is 14.5 Å². The summed E-state index contributed by atoms with van der Waals surface area (Å²) >= 11 is 0. The van der Waals surface area contributed by atoms with E-state index in [-0.39, 0.29) is 12.4 Å². The van der Waals surface area contributed by atoms with E-state index in [2.05, 4.69) is 38.8 Å². The number of aromatic hydroxyl groups is 1. The number of nitrogens with zero attached hydrogens (tertiary/aromatic N) is 3. The number of rotatable bonds is 2. The van der Waals surface area contributed by atoms with Gasteiger partial charge in [0.1, 0.15) is 12.0 Å². The van der Waals surface area contributed by atoms with Crippen molar-refractivity contribution in [2.45, 2.75) is 32.2 Å². The number of benzene rings is 1. The molecule has 6 nitrogen and oxygen atoms in total. The van der Waals surface area contributed by atoms with Gasteiger partial charge in [-0.1, -0.05) is 30.3 Å². The molecule has 0 fully saturated rings. The van der Waals surface area contributed by atoms with Crippen LogP contribution in [0.5, 0.6) is 5.88 Å². The lowest BCUT2D eigenvalue weighted by Gasteiger charge is -2.15. The Kier molecular flexibility index (Phi) is 4.74. The molecule has 0 aliphatic heterocycles. The maximum absolute atomic E-state index is 10.1. The van der Waals surface area contributed by atoms with Gasteiger partial charge in [0.15, 0.2) is 0 Å². The van der Waals surface area contributed by atoms with E-state index in [1.165, 1.54) is 36.0 Å². The number of hydrogen-bond acceptors (Lipinski definition) is 4. The highest BCUT2D eigenvalue weighted by Gasteiger charge is 2.23. The zero-order valence-electron chi connectivity index (χ0n) is 13.2. The number of carboxylic acid groups (broad SMARTS) is 1. The Labute approximate surface area is 139 Å². The maximum Gasteiger partial charge on any atom is 0.290 e. The molecule has 1 aromatic carbocycles. The van der Waals surface area contributed by atoms with Gasteiger partial charge < -0.3 is 14.8 Å². The van der Waals surface area contributed by atoms with Gasteiger partial charge in [-0.15, -0.1) is 0 Å². The van der Waals surface area contributed by atoms with Crippen LogP contribution in [0.1, 0.15) is 29.7 Å². The van der Waals surface area contributed by atoms with Gasteiger partial charge in [-0.05, 0) is 36.8 Å². The van der Waals surface area contributed by atoms with E-state index >= 15 is 0 Å². The first-order chi connectivity index (χ1) is 11.8. The third kappa shape index (κ3) is 2.95. The Morgan fingerprint density at radius 1 is 1.12 bits per heavy atom. The van der Waals surface area contributed by atoms with Crippen LogP contribution in [-0.4, -0.2) is 31.2 Å². The second kappa shape index (κ2) is 7.12. The molecule has 24 heavy (non-hydrogen) atoms. The van der Waals surface area contributed by atoms with Crippen LogP contribution in [0.15, 0.2) is 36.7 Å². The smallest absolute Gasteiger partial charge is 0.290 e. The number of hydrogen-bond donors (Lipinski definition) is 2. The number of aryl methyl sites for hydroxylation is 1. The van der Waals surface area contributed by atoms with Gasteiger partial charge in [-0.3, -0.25) is 4.79 Å². The molecule has 0 atom stereocenters. The molecule has 3 aromatic rings. The molecule has 0 unspecified atom stereocenters. The van der Waals surface area contributed by atoms with Crippen molar-refractivity contribution < 1.29 is 15.0 Å². The Balaban J connectivity index is 0.000000526. The highest BCUT2D eigenvalue weighted by Crippen LogP contribution is 2.35. The normalized spacial score (nSPS) is 13.0. The molecule has 2 aromatic heterocycles. The van der Waals surface area contributed by atoms with Crippen molar-refractivity contribution in [2.75, 3.05) is 0 Å². The van der Waals surface area contributed by atoms with Crippen LogP contribution in [0, 0.1) is 0 Å². The summed E-state index contributed by atoms with van der Waals surface area (Å²) in [6.07, 6.45) is 5.88. The molecule has 124 valence electrons. The Morgan fingerprint density at radius 2 is 1.83 bits per heavy atom. The molecule has 0 bridgehead atoms. The number of fused-ring (bicyclic) bond motifs is 3. The van der Waals surface area contributed by atoms with Crippen LogP contribution in [0.2, 0.25) is 0 Å². The second-order valence-electron chi connectivity index (χ2n) is 5.71. The third-order valence-electron chi connectivity index (χ3n) is 4.31. The van der Waals surface area contributed by atoms with E-state index in [1.807, 2.05) is 6.07 Å². The molecule has 0 amide bonds. The van der Waals surface area contributed by atoms with E-state index in [4.69, 9.17) is 9.90 Å². The van der Waals surface area contributed by atoms with Crippen molar-refractivity contribution in [2.24, 2.45) is 0 Å². The number of carbonyl (C=O) groups is 1. The summed E-state index contributed by atoms with van der Waals surface area (Å²) in [5, 5.41) is 17.9. The average Bonchev–Trinajstić information content (AvgIpc) is 2.92. The summed E-state index contributed by atoms with van der Waals surface area (Å²) in [6, 6.07) is 10.4. The van der Waals surface area contributed by atoms with Crippen LogP contribution < -0.4 is 0 Å². The predicted molar refractivity (Wildman–Crippen MR) is 90.1 cm³/mol. The fourth-order valence-corrected chi connectivity index (χ4v) is 3.36. The molecule has 1 aliphatic carbocycles. The molecular formula is C18H19N3O3. The lowest BCUT2D eigenvalue weighted by molar-refractivity contribution is -0.122. The lowest BCUT2D eigenvalue weighted by atomic mass is 9.96. The van der Waals surface area contributed by atoms with Crippen LogP contribution >= 0.6 is 0 Å². The van der Waals surface area contributed by atoms with Crippen molar-refractivity contribution in [3.63, 3.8) is 0 Å². The molecule has 1 aliphatic rings. The van der Waals surface area contributed by atoms with E-state index in [1.54, 1.807) is 0 Å². The van der Waals surface area contributed by atoms with Crippen LogP contribution in [-0.2, 0) is 24.2 Å². The summed E-state index contributed by atoms with van der Waals surface area (Å²) < 4.78 is 2.25. The standard InChI is InChI=1S/C17H17N3O.CH2O2/c21-17-15-13-8-4-5-9-14(13)20(16(15)18-11-19-17)10-12-6-2-1-3-7-12;2-1-3/h1-3,6-7,11H,4-5,8-10H2,(H,18,19,21);1H,(H,2,3). The first kappa shape index (κ1) is 16.0.